The average Bonchev–Trinajstić information content (AvgIpc) is 2.89. The normalized spacial score (nSPS) is 13.4. The van der Waals surface area contributed by atoms with E-state index in [4.69, 9.17) is 0 Å². The molecule has 2 N–H and O–H groups in total. The number of aliphatic hydroxyl groups excluding tert-OH is 1. The Morgan fingerprint density at radius 2 is 2.04 bits per heavy atom. The van der Waals surface area contributed by atoms with E-state index in [1.807, 2.05) is 0 Å². The molecule has 0 radical (unpaired) electrons. The number of hydrogen-bond donors (Lipinski definition) is 2. The number of halogens is 1. The van der Waals surface area contributed by atoms with Crippen LogP contribution in [0.4, 0.5) is 10.1 Å². The summed E-state index contributed by atoms with van der Waals surface area (Å²) in [5.74, 6) is -1.17. The van der Waals surface area contributed by atoms with Crippen molar-refractivity contribution in [3.8, 4) is 0 Å². The van der Waals surface area contributed by atoms with Crippen LogP contribution in [0.2, 0.25) is 0 Å². The number of rotatable bonds is 5. The minimum absolute atomic E-state index is 0.215. The van der Waals surface area contributed by atoms with E-state index < -0.39 is 34.5 Å². The number of nitrogens with one attached hydrogen (secondary N) is 1. The molecule has 0 saturated heterocycles. The third-order valence-corrected chi connectivity index (χ3v) is 3.38. The van der Waals surface area contributed by atoms with Crippen LogP contribution < -0.4 is 5.32 Å². The lowest BCUT2D eigenvalue weighted by atomic mass is 10.0. The van der Waals surface area contributed by atoms with Gasteiger partial charge in [0, 0.05) is 7.05 Å². The number of aromatic nitrogens is 2. The molecule has 2 rings (SSSR count). The van der Waals surface area contributed by atoms with Crippen LogP contribution in [0.1, 0.15) is 29.1 Å². The molecule has 0 aliphatic heterocycles. The summed E-state index contributed by atoms with van der Waals surface area (Å²) in [6.45, 7) is 1.54. The van der Waals surface area contributed by atoms with Gasteiger partial charge in [-0.05, 0) is 24.6 Å². The highest BCUT2D eigenvalue weighted by Crippen LogP contribution is 2.20. The number of aryl methyl sites for hydroxylation is 1. The number of nitro groups is 1. The zero-order valence-electron chi connectivity index (χ0n) is 12.4. The number of aliphatic hydroxyl groups is 1. The molecule has 0 fully saturated rings. The second kappa shape index (κ2) is 6.53. The van der Waals surface area contributed by atoms with Crippen LogP contribution in [-0.4, -0.2) is 31.8 Å². The van der Waals surface area contributed by atoms with Gasteiger partial charge in [-0.15, -0.1) is 0 Å². The quantitative estimate of drug-likeness (QED) is 0.637. The summed E-state index contributed by atoms with van der Waals surface area (Å²) in [6, 6.07) is 4.44. The fourth-order valence-corrected chi connectivity index (χ4v) is 2.13. The molecule has 9 heteroatoms. The largest absolute Gasteiger partial charge is 0.386 e. The minimum atomic E-state index is -1.09. The Kier molecular flexibility index (Phi) is 4.70. The van der Waals surface area contributed by atoms with Gasteiger partial charge in [0.15, 0.2) is 0 Å². The van der Waals surface area contributed by atoms with E-state index in [0.717, 1.165) is 10.9 Å². The zero-order valence-corrected chi connectivity index (χ0v) is 12.4. The second-order valence-electron chi connectivity index (χ2n) is 5.02. The molecule has 1 heterocycles. The molecule has 1 aromatic heterocycles. The molecular weight excluding hydrogens is 307 g/mol. The first-order valence-corrected chi connectivity index (χ1v) is 6.72. The van der Waals surface area contributed by atoms with Crippen molar-refractivity contribution in [1.29, 1.82) is 0 Å². The predicted octanol–water partition coefficient (Wildman–Crippen LogP) is 1.32. The summed E-state index contributed by atoms with van der Waals surface area (Å²) < 4.78 is 14.0. The van der Waals surface area contributed by atoms with Gasteiger partial charge in [0.25, 0.3) is 5.91 Å². The standard InChI is InChI=1S/C14H15FN4O4/c1-8(13(20)9-3-5-10(15)6-4-9)17-14(21)12-11(19(22)23)7-16-18(12)2/h3-8,13,20H,1-2H3,(H,17,21). The van der Waals surface area contributed by atoms with E-state index in [1.54, 1.807) is 0 Å². The number of benzene rings is 1. The van der Waals surface area contributed by atoms with Gasteiger partial charge < -0.3 is 10.4 Å². The van der Waals surface area contributed by atoms with E-state index >= 15 is 0 Å². The highest BCUT2D eigenvalue weighted by Gasteiger charge is 2.28. The monoisotopic (exact) mass is 322 g/mol. The van der Waals surface area contributed by atoms with Crippen LogP contribution in [0, 0.1) is 15.9 Å². The van der Waals surface area contributed by atoms with E-state index in [-0.39, 0.29) is 5.69 Å². The number of nitrogens with zero attached hydrogens (tertiary/aromatic N) is 3. The Morgan fingerprint density at radius 1 is 1.43 bits per heavy atom. The van der Waals surface area contributed by atoms with Crippen LogP contribution in [0.25, 0.3) is 0 Å². The molecule has 2 atom stereocenters. The Labute approximate surface area is 130 Å². The lowest BCUT2D eigenvalue weighted by Gasteiger charge is -2.20. The Hall–Kier alpha value is -2.81. The van der Waals surface area contributed by atoms with Crippen LogP contribution in [0.3, 0.4) is 0 Å². The molecule has 0 bridgehead atoms. The zero-order chi connectivity index (χ0) is 17.1. The molecule has 2 aromatic rings. The second-order valence-corrected chi connectivity index (χ2v) is 5.02. The van der Waals surface area contributed by atoms with Gasteiger partial charge >= 0.3 is 5.69 Å². The number of amides is 1. The molecule has 122 valence electrons. The lowest BCUT2D eigenvalue weighted by molar-refractivity contribution is -0.385. The molecule has 1 amide bonds. The molecular formula is C14H15FN4O4. The summed E-state index contributed by atoms with van der Waals surface area (Å²) in [5.41, 5.74) is -0.222. The van der Waals surface area contributed by atoms with Crippen molar-refractivity contribution >= 4 is 11.6 Å². The van der Waals surface area contributed by atoms with Gasteiger partial charge in [-0.3, -0.25) is 19.6 Å². The first-order valence-electron chi connectivity index (χ1n) is 6.72. The topological polar surface area (TPSA) is 110 Å². The molecule has 0 spiro atoms. The third-order valence-electron chi connectivity index (χ3n) is 3.38. The van der Waals surface area contributed by atoms with E-state index in [0.29, 0.717) is 5.56 Å². The van der Waals surface area contributed by atoms with Crippen molar-refractivity contribution in [2.24, 2.45) is 7.05 Å². The van der Waals surface area contributed by atoms with Crippen molar-refractivity contribution in [2.45, 2.75) is 19.1 Å². The maximum atomic E-state index is 12.9. The average molecular weight is 322 g/mol. The SMILES string of the molecule is CC(NC(=O)c1c([N+](=O)[O-])cnn1C)C(O)c1ccc(F)cc1. The third kappa shape index (κ3) is 3.51. The fourth-order valence-electron chi connectivity index (χ4n) is 2.13. The molecule has 0 saturated carbocycles. The number of carbonyl (C=O) groups excluding carboxylic acids is 1. The lowest BCUT2D eigenvalue weighted by Crippen LogP contribution is -2.38. The van der Waals surface area contributed by atoms with Gasteiger partial charge in [-0.2, -0.15) is 5.10 Å². The molecule has 8 nitrogen and oxygen atoms in total. The maximum Gasteiger partial charge on any atom is 0.320 e. The maximum absolute atomic E-state index is 12.9. The molecule has 0 aliphatic carbocycles. The van der Waals surface area contributed by atoms with Crippen molar-refractivity contribution in [3.63, 3.8) is 0 Å². The predicted molar refractivity (Wildman–Crippen MR) is 78.2 cm³/mol. The summed E-state index contributed by atoms with van der Waals surface area (Å²) >= 11 is 0. The molecule has 0 aliphatic rings. The van der Waals surface area contributed by atoms with Gasteiger partial charge in [-0.1, -0.05) is 12.1 Å². The van der Waals surface area contributed by atoms with Gasteiger partial charge in [0.05, 0.1) is 17.1 Å². The molecule has 23 heavy (non-hydrogen) atoms. The Bertz CT molecular complexity index is 729. The first kappa shape index (κ1) is 16.6. The summed E-state index contributed by atoms with van der Waals surface area (Å²) in [7, 11) is 1.41. The fraction of sp³-hybridized carbons (Fsp3) is 0.286. The number of hydrogen-bond acceptors (Lipinski definition) is 5. The summed E-state index contributed by atoms with van der Waals surface area (Å²) in [5, 5.41) is 27.3. The Morgan fingerprint density at radius 3 is 2.61 bits per heavy atom. The van der Waals surface area contributed by atoms with Crippen molar-refractivity contribution < 1.29 is 19.2 Å². The van der Waals surface area contributed by atoms with E-state index in [2.05, 4.69) is 10.4 Å². The molecule has 1 aromatic carbocycles. The van der Waals surface area contributed by atoms with E-state index in [9.17, 15) is 24.4 Å². The van der Waals surface area contributed by atoms with Gasteiger partial charge in [0.1, 0.15) is 12.0 Å². The van der Waals surface area contributed by atoms with Crippen LogP contribution in [0.5, 0.6) is 0 Å². The van der Waals surface area contributed by atoms with Crippen molar-refractivity contribution in [2.75, 3.05) is 0 Å². The van der Waals surface area contributed by atoms with Crippen LogP contribution in [-0.2, 0) is 7.05 Å². The van der Waals surface area contributed by atoms with Gasteiger partial charge in [-0.25, -0.2) is 4.39 Å². The smallest absolute Gasteiger partial charge is 0.320 e. The first-order chi connectivity index (χ1) is 10.8. The van der Waals surface area contributed by atoms with Gasteiger partial charge in [0.2, 0.25) is 5.69 Å². The number of carbonyl (C=O) groups is 1. The summed E-state index contributed by atoms with van der Waals surface area (Å²) in [4.78, 5) is 22.4. The Balaban J connectivity index is 2.15. The van der Waals surface area contributed by atoms with Crippen LogP contribution >= 0.6 is 0 Å². The molecule has 2 unspecified atom stereocenters. The van der Waals surface area contributed by atoms with Crippen molar-refractivity contribution in [3.05, 3.63) is 57.7 Å². The van der Waals surface area contributed by atoms with Crippen LogP contribution in [0.15, 0.2) is 30.5 Å². The van der Waals surface area contributed by atoms with Crippen molar-refractivity contribution in [1.82, 2.24) is 15.1 Å². The van der Waals surface area contributed by atoms with E-state index in [1.165, 1.54) is 38.2 Å². The summed E-state index contributed by atoms with van der Waals surface area (Å²) in [6.07, 6.45) is -0.109. The highest BCUT2D eigenvalue weighted by atomic mass is 19.1. The highest BCUT2D eigenvalue weighted by molar-refractivity contribution is 5.96. The minimum Gasteiger partial charge on any atom is -0.386 e.